The average molecular weight is 242 g/mol. The van der Waals surface area contributed by atoms with Crippen molar-refractivity contribution in [2.75, 3.05) is 0 Å². The molecular formula is C14H14N2O2. The average Bonchev–Trinajstić information content (AvgIpc) is 2.38. The highest BCUT2D eigenvalue weighted by Gasteiger charge is 2.05. The van der Waals surface area contributed by atoms with Gasteiger partial charge in [0.15, 0.2) is 0 Å². The fraction of sp³-hybridized carbons (Fsp3) is 0.143. The number of pyridine rings is 1. The van der Waals surface area contributed by atoms with Crippen LogP contribution in [0.5, 0.6) is 0 Å². The molecule has 0 fully saturated rings. The Bertz CT molecular complexity index is 600. The molecule has 2 rings (SSSR count). The SMILES string of the molecule is Cc1ccc(CNC(=O)c2cccc(=O)[nH]2)cc1. The van der Waals surface area contributed by atoms with Gasteiger partial charge in [0.2, 0.25) is 5.56 Å². The molecule has 1 heterocycles. The van der Waals surface area contributed by atoms with Crippen molar-refractivity contribution in [2.45, 2.75) is 13.5 Å². The lowest BCUT2D eigenvalue weighted by molar-refractivity contribution is 0.0945. The summed E-state index contributed by atoms with van der Waals surface area (Å²) < 4.78 is 0. The standard InChI is InChI=1S/C14H14N2O2/c1-10-5-7-11(8-6-10)9-15-14(18)12-3-2-4-13(17)16-12/h2-8H,9H2,1H3,(H,15,18)(H,16,17). The number of rotatable bonds is 3. The highest BCUT2D eigenvalue weighted by molar-refractivity contribution is 5.92. The van der Waals surface area contributed by atoms with Crippen LogP contribution in [0.2, 0.25) is 0 Å². The van der Waals surface area contributed by atoms with E-state index in [4.69, 9.17) is 0 Å². The number of carbonyl (C=O) groups excluding carboxylic acids is 1. The Hall–Kier alpha value is -2.36. The lowest BCUT2D eigenvalue weighted by Crippen LogP contribution is -2.25. The van der Waals surface area contributed by atoms with Crippen LogP contribution in [0.4, 0.5) is 0 Å². The van der Waals surface area contributed by atoms with Crippen LogP contribution in [-0.4, -0.2) is 10.9 Å². The molecule has 1 aromatic heterocycles. The Morgan fingerprint density at radius 2 is 1.89 bits per heavy atom. The van der Waals surface area contributed by atoms with Crippen LogP contribution in [0.25, 0.3) is 0 Å². The second kappa shape index (κ2) is 5.31. The minimum absolute atomic E-state index is 0.273. The summed E-state index contributed by atoms with van der Waals surface area (Å²) in [5.74, 6) is -0.284. The number of aromatic nitrogens is 1. The number of nitrogens with one attached hydrogen (secondary N) is 2. The third-order valence-corrected chi connectivity index (χ3v) is 2.59. The number of H-pyrrole nitrogens is 1. The first-order chi connectivity index (χ1) is 8.65. The Kier molecular flexibility index (Phi) is 3.57. The molecule has 18 heavy (non-hydrogen) atoms. The van der Waals surface area contributed by atoms with Gasteiger partial charge in [0, 0.05) is 12.6 Å². The van der Waals surface area contributed by atoms with Gasteiger partial charge in [-0.2, -0.15) is 0 Å². The van der Waals surface area contributed by atoms with Crippen molar-refractivity contribution in [3.8, 4) is 0 Å². The van der Waals surface area contributed by atoms with Gasteiger partial charge in [-0.3, -0.25) is 9.59 Å². The lowest BCUT2D eigenvalue weighted by Gasteiger charge is -2.05. The number of carbonyl (C=O) groups is 1. The van der Waals surface area contributed by atoms with Crippen LogP contribution < -0.4 is 10.9 Å². The summed E-state index contributed by atoms with van der Waals surface area (Å²) in [6.45, 7) is 2.45. The van der Waals surface area contributed by atoms with Gasteiger partial charge in [-0.1, -0.05) is 35.9 Å². The Balaban J connectivity index is 2.00. The zero-order valence-electron chi connectivity index (χ0n) is 10.1. The van der Waals surface area contributed by atoms with Gasteiger partial charge in [0.1, 0.15) is 5.69 Å². The van der Waals surface area contributed by atoms with Gasteiger partial charge < -0.3 is 10.3 Å². The monoisotopic (exact) mass is 242 g/mol. The number of aryl methyl sites for hydroxylation is 1. The van der Waals surface area contributed by atoms with Gasteiger partial charge >= 0.3 is 0 Å². The zero-order chi connectivity index (χ0) is 13.0. The fourth-order valence-electron chi connectivity index (χ4n) is 1.56. The van der Waals surface area contributed by atoms with E-state index in [0.717, 1.165) is 5.56 Å². The maximum atomic E-state index is 11.8. The highest BCUT2D eigenvalue weighted by atomic mass is 16.2. The molecule has 0 radical (unpaired) electrons. The molecule has 4 heteroatoms. The van der Waals surface area contributed by atoms with Gasteiger partial charge in [-0.15, -0.1) is 0 Å². The molecule has 0 aliphatic rings. The molecule has 1 amide bonds. The van der Waals surface area contributed by atoms with E-state index < -0.39 is 0 Å². The van der Waals surface area contributed by atoms with Crippen molar-refractivity contribution in [2.24, 2.45) is 0 Å². The molecule has 0 aliphatic carbocycles. The third kappa shape index (κ3) is 3.07. The predicted octanol–water partition coefficient (Wildman–Crippen LogP) is 1.61. The second-order valence-electron chi connectivity index (χ2n) is 4.10. The summed E-state index contributed by atoms with van der Waals surface area (Å²) in [5.41, 5.74) is 2.19. The smallest absolute Gasteiger partial charge is 0.268 e. The van der Waals surface area contributed by atoms with E-state index in [1.54, 1.807) is 12.1 Å². The quantitative estimate of drug-likeness (QED) is 0.859. The van der Waals surface area contributed by atoms with E-state index in [0.29, 0.717) is 6.54 Å². The molecule has 1 aromatic carbocycles. The van der Waals surface area contributed by atoms with Crippen LogP contribution in [0.15, 0.2) is 47.3 Å². The topological polar surface area (TPSA) is 62.0 Å². The minimum Gasteiger partial charge on any atom is -0.347 e. The Morgan fingerprint density at radius 3 is 2.56 bits per heavy atom. The Morgan fingerprint density at radius 1 is 1.17 bits per heavy atom. The summed E-state index contributed by atoms with van der Waals surface area (Å²) in [6, 6.07) is 12.4. The second-order valence-corrected chi connectivity index (χ2v) is 4.10. The first-order valence-electron chi connectivity index (χ1n) is 5.68. The van der Waals surface area contributed by atoms with E-state index >= 15 is 0 Å². The van der Waals surface area contributed by atoms with Crippen LogP contribution in [0.1, 0.15) is 21.6 Å². The maximum absolute atomic E-state index is 11.8. The van der Waals surface area contributed by atoms with Gasteiger partial charge in [0.05, 0.1) is 0 Å². The van der Waals surface area contributed by atoms with Crippen LogP contribution in [-0.2, 0) is 6.54 Å². The van der Waals surface area contributed by atoms with Crippen molar-refractivity contribution < 1.29 is 4.79 Å². The van der Waals surface area contributed by atoms with Gasteiger partial charge in [-0.25, -0.2) is 0 Å². The van der Waals surface area contributed by atoms with E-state index in [1.165, 1.54) is 11.6 Å². The van der Waals surface area contributed by atoms with Crippen LogP contribution in [0.3, 0.4) is 0 Å². The number of aromatic amines is 1. The summed E-state index contributed by atoms with van der Waals surface area (Å²) in [4.78, 5) is 25.3. The molecule has 0 spiro atoms. The first-order valence-corrected chi connectivity index (χ1v) is 5.68. The molecule has 4 nitrogen and oxygen atoms in total. The third-order valence-electron chi connectivity index (χ3n) is 2.59. The molecule has 0 bridgehead atoms. The zero-order valence-corrected chi connectivity index (χ0v) is 10.1. The first kappa shape index (κ1) is 12.1. The summed E-state index contributed by atoms with van der Waals surface area (Å²) >= 11 is 0. The molecule has 0 saturated carbocycles. The van der Waals surface area contributed by atoms with Gasteiger partial charge in [-0.05, 0) is 18.6 Å². The lowest BCUT2D eigenvalue weighted by atomic mass is 10.1. The van der Waals surface area contributed by atoms with E-state index in [1.807, 2.05) is 31.2 Å². The maximum Gasteiger partial charge on any atom is 0.268 e. The number of benzene rings is 1. The summed E-state index contributed by atoms with van der Waals surface area (Å²) in [6.07, 6.45) is 0. The van der Waals surface area contributed by atoms with Crippen molar-refractivity contribution in [1.29, 1.82) is 0 Å². The number of hydrogen-bond acceptors (Lipinski definition) is 2. The molecule has 2 aromatic rings. The molecule has 92 valence electrons. The summed E-state index contributed by atoms with van der Waals surface area (Å²) in [7, 11) is 0. The minimum atomic E-state index is -0.284. The molecule has 2 N–H and O–H groups in total. The molecule has 0 aliphatic heterocycles. The molecule has 0 unspecified atom stereocenters. The van der Waals surface area contributed by atoms with Crippen LogP contribution >= 0.6 is 0 Å². The van der Waals surface area contributed by atoms with E-state index in [-0.39, 0.29) is 17.2 Å². The summed E-state index contributed by atoms with van der Waals surface area (Å²) in [5, 5.41) is 2.75. The van der Waals surface area contributed by atoms with Crippen molar-refractivity contribution in [3.05, 3.63) is 69.6 Å². The van der Waals surface area contributed by atoms with Crippen LogP contribution in [0, 0.1) is 6.92 Å². The van der Waals surface area contributed by atoms with Gasteiger partial charge in [0.25, 0.3) is 5.91 Å². The Labute approximate surface area is 105 Å². The number of hydrogen-bond donors (Lipinski definition) is 2. The molecule has 0 saturated heterocycles. The van der Waals surface area contributed by atoms with Crippen molar-refractivity contribution in [3.63, 3.8) is 0 Å². The molecular weight excluding hydrogens is 228 g/mol. The fourth-order valence-corrected chi connectivity index (χ4v) is 1.56. The normalized spacial score (nSPS) is 10.1. The molecule has 0 atom stereocenters. The van der Waals surface area contributed by atoms with Crippen molar-refractivity contribution in [1.82, 2.24) is 10.3 Å². The number of amides is 1. The highest BCUT2D eigenvalue weighted by Crippen LogP contribution is 2.02. The largest absolute Gasteiger partial charge is 0.347 e. The van der Waals surface area contributed by atoms with E-state index in [2.05, 4.69) is 10.3 Å². The van der Waals surface area contributed by atoms with Crippen molar-refractivity contribution >= 4 is 5.91 Å². The predicted molar refractivity (Wildman–Crippen MR) is 69.4 cm³/mol. The van der Waals surface area contributed by atoms with E-state index in [9.17, 15) is 9.59 Å².